The van der Waals surface area contributed by atoms with Crippen molar-refractivity contribution in [1.82, 2.24) is 9.97 Å². The first-order valence-electron chi connectivity index (χ1n) is 5.70. The Kier molecular flexibility index (Phi) is 13.3. The maximum absolute atomic E-state index is 4.18. The predicted octanol–water partition coefficient (Wildman–Crippen LogP) is -12.9. The van der Waals surface area contributed by atoms with Crippen molar-refractivity contribution in [3.05, 3.63) is 18.5 Å². The lowest BCUT2D eigenvalue weighted by Crippen LogP contribution is -3.21. The fraction of sp³-hybridized carbons (Fsp3) is 0.600. The summed E-state index contributed by atoms with van der Waals surface area (Å²) in [6.07, 6.45) is 3.59. The molecule has 18 heavy (non-hydrogen) atoms. The molecule has 0 amide bonds. The van der Waals surface area contributed by atoms with Gasteiger partial charge in [0.25, 0.3) is 0 Å². The van der Waals surface area contributed by atoms with Crippen LogP contribution >= 0.6 is 0 Å². The summed E-state index contributed by atoms with van der Waals surface area (Å²) in [5, 5.41) is 4.53. The van der Waals surface area contributed by atoms with Crippen LogP contribution in [0.4, 0.5) is 5.95 Å². The van der Waals surface area contributed by atoms with Gasteiger partial charge in [0.1, 0.15) is 39.3 Å². The molecule has 1 fully saturated rings. The van der Waals surface area contributed by atoms with Crippen LogP contribution in [0.5, 0.6) is 0 Å². The first kappa shape index (κ1) is 20.2. The zero-order valence-electron chi connectivity index (χ0n) is 10.2. The van der Waals surface area contributed by atoms with Crippen molar-refractivity contribution in [2.75, 3.05) is 39.3 Å². The van der Waals surface area contributed by atoms with Gasteiger partial charge < -0.3 is 47.4 Å². The van der Waals surface area contributed by atoms with E-state index in [0.717, 1.165) is 12.5 Å². The average Bonchev–Trinajstić information content (AvgIpc) is 2.32. The van der Waals surface area contributed by atoms with Crippen LogP contribution in [0.1, 0.15) is 0 Å². The van der Waals surface area contributed by atoms with Gasteiger partial charge in [0.2, 0.25) is 0 Å². The maximum atomic E-state index is 4.18. The van der Waals surface area contributed by atoms with Crippen LogP contribution in [-0.4, -0.2) is 49.2 Å². The van der Waals surface area contributed by atoms with E-state index in [-0.39, 0.29) is 37.2 Å². The molecule has 0 aromatic carbocycles. The number of quaternary nitrogens is 3. The van der Waals surface area contributed by atoms with Crippen LogP contribution in [0.2, 0.25) is 0 Å². The van der Waals surface area contributed by atoms with Crippen LogP contribution in [0, 0.1) is 0 Å². The van der Waals surface area contributed by atoms with E-state index in [1.807, 2.05) is 6.07 Å². The second kappa shape index (κ2) is 11.9. The van der Waals surface area contributed by atoms with Crippen molar-refractivity contribution in [2.45, 2.75) is 0 Å². The zero-order chi connectivity index (χ0) is 10.3. The predicted molar refractivity (Wildman–Crippen MR) is 55.7 cm³/mol. The topological polar surface area (TPSA) is 63.4 Å². The zero-order valence-corrected chi connectivity index (χ0v) is 12.4. The van der Waals surface area contributed by atoms with E-state index in [4.69, 9.17) is 0 Å². The van der Waals surface area contributed by atoms with Gasteiger partial charge in [-0.15, -0.1) is 0 Å². The van der Waals surface area contributed by atoms with E-state index in [1.165, 1.54) is 32.7 Å². The van der Waals surface area contributed by atoms with E-state index >= 15 is 0 Å². The average molecular weight is 317 g/mol. The van der Waals surface area contributed by atoms with Crippen molar-refractivity contribution in [3.8, 4) is 0 Å². The summed E-state index contributed by atoms with van der Waals surface area (Å²) >= 11 is 0. The minimum atomic E-state index is 0. The molecule has 5 nitrogen and oxygen atoms in total. The van der Waals surface area contributed by atoms with Crippen molar-refractivity contribution in [2.24, 2.45) is 0 Å². The second-order valence-corrected chi connectivity index (χ2v) is 3.97. The largest absolute Gasteiger partial charge is 1.00 e. The normalized spacial score (nSPS) is 14.9. The highest BCUT2D eigenvalue weighted by atomic mass is 35.5. The molecule has 1 aromatic rings. The summed E-state index contributed by atoms with van der Waals surface area (Å²) < 4.78 is 0. The molecule has 0 radical (unpaired) electrons. The molecule has 0 unspecified atom stereocenters. The van der Waals surface area contributed by atoms with E-state index in [9.17, 15) is 0 Å². The van der Waals surface area contributed by atoms with Crippen molar-refractivity contribution >= 4 is 5.95 Å². The standard InChI is InChI=1S/C10H17N5.3ClH/c1-2-12-10(13-3-1)14-6-9-15-7-4-11-5-8-15;;;/h1-3,11H,4-9H2,(H,12,13,14);3*1H. The number of piperazine rings is 1. The molecule has 0 saturated carbocycles. The van der Waals surface area contributed by atoms with E-state index < -0.39 is 0 Å². The van der Waals surface area contributed by atoms with Gasteiger partial charge in [-0.2, -0.15) is 9.97 Å². The number of hydrogen-bond acceptors (Lipinski definition) is 2. The van der Waals surface area contributed by atoms with Gasteiger partial charge in [-0.05, 0) is 6.07 Å². The van der Waals surface area contributed by atoms with Crippen LogP contribution in [-0.2, 0) is 0 Å². The third-order valence-corrected chi connectivity index (χ3v) is 2.81. The van der Waals surface area contributed by atoms with Gasteiger partial charge in [-0.1, -0.05) is 0 Å². The number of nitrogens with zero attached hydrogens (tertiary/aromatic N) is 2. The quantitative estimate of drug-likeness (QED) is 0.517. The molecule has 2 rings (SSSR count). The summed E-state index contributed by atoms with van der Waals surface area (Å²) in [6.45, 7) is 7.44. The summed E-state index contributed by atoms with van der Waals surface area (Å²) in [6, 6.07) is 1.85. The van der Waals surface area contributed by atoms with Crippen molar-refractivity contribution in [3.63, 3.8) is 0 Å². The Bertz CT molecular complexity index is 282. The lowest BCUT2D eigenvalue weighted by Gasteiger charge is -2.20. The Labute approximate surface area is 126 Å². The molecule has 0 atom stereocenters. The molecule has 1 saturated heterocycles. The molecule has 0 spiro atoms. The monoisotopic (exact) mass is 315 g/mol. The van der Waals surface area contributed by atoms with E-state index in [0.29, 0.717) is 0 Å². The molecule has 1 aliphatic rings. The smallest absolute Gasteiger partial charge is 0.325 e. The molecule has 106 valence electrons. The number of aromatic nitrogens is 2. The van der Waals surface area contributed by atoms with Gasteiger partial charge in [-0.25, -0.2) is 0 Å². The molecule has 2 heterocycles. The Morgan fingerprint density at radius 2 is 1.72 bits per heavy atom. The molecule has 1 aliphatic heterocycles. The highest BCUT2D eigenvalue weighted by molar-refractivity contribution is 4.98. The first-order chi connectivity index (χ1) is 7.45. The fourth-order valence-electron chi connectivity index (χ4n) is 1.95. The Morgan fingerprint density at radius 3 is 2.33 bits per heavy atom. The first-order valence-corrected chi connectivity index (χ1v) is 5.70. The third-order valence-electron chi connectivity index (χ3n) is 2.81. The van der Waals surface area contributed by atoms with Crippen LogP contribution in [0.15, 0.2) is 18.5 Å². The SMILES string of the molecule is [Cl-].[Cl-].[Cl-].c1cnc([NH2+]CC[NH+]2CC[NH2+]CC2)nc1. The summed E-state index contributed by atoms with van der Waals surface area (Å²) in [7, 11) is 0. The van der Waals surface area contributed by atoms with E-state index in [2.05, 4.69) is 20.6 Å². The Balaban J connectivity index is 0. The minimum absolute atomic E-state index is 0. The molecule has 0 aliphatic carbocycles. The van der Waals surface area contributed by atoms with Gasteiger partial charge >= 0.3 is 5.95 Å². The second-order valence-electron chi connectivity index (χ2n) is 3.97. The number of hydrogen-bond donors (Lipinski definition) is 3. The van der Waals surface area contributed by atoms with Gasteiger partial charge in [0, 0.05) is 12.4 Å². The Morgan fingerprint density at radius 1 is 1.11 bits per heavy atom. The van der Waals surface area contributed by atoms with Crippen LogP contribution in [0.25, 0.3) is 0 Å². The van der Waals surface area contributed by atoms with Crippen LogP contribution < -0.4 is 52.8 Å². The molecule has 1 aromatic heterocycles. The molecular weight excluding hydrogens is 297 g/mol. The van der Waals surface area contributed by atoms with Gasteiger partial charge in [0.05, 0.1) is 0 Å². The van der Waals surface area contributed by atoms with Gasteiger partial charge in [-0.3, -0.25) is 5.32 Å². The number of nitrogens with one attached hydrogen (secondary N) is 1. The highest BCUT2D eigenvalue weighted by Gasteiger charge is 2.15. The number of halogens is 3. The van der Waals surface area contributed by atoms with Crippen molar-refractivity contribution in [1.29, 1.82) is 0 Å². The highest BCUT2D eigenvalue weighted by Crippen LogP contribution is 1.81. The van der Waals surface area contributed by atoms with Crippen LogP contribution in [0.3, 0.4) is 0 Å². The lowest BCUT2D eigenvalue weighted by atomic mass is 10.3. The molecule has 8 heteroatoms. The fourth-order valence-corrected chi connectivity index (χ4v) is 1.95. The van der Waals surface area contributed by atoms with E-state index in [1.54, 1.807) is 17.3 Å². The Hall–Kier alpha value is -0.170. The number of nitrogens with two attached hydrogens (primary N) is 2. The summed E-state index contributed by atoms with van der Waals surface area (Å²) in [5.41, 5.74) is 0. The third kappa shape index (κ3) is 7.31. The van der Waals surface area contributed by atoms with Crippen molar-refractivity contribution < 1.29 is 52.8 Å². The molecule has 0 bridgehead atoms. The summed E-state index contributed by atoms with van der Waals surface area (Å²) in [4.78, 5) is 10.1. The molecular formula is C10H20Cl3N5. The summed E-state index contributed by atoms with van der Waals surface area (Å²) in [5.74, 6) is 0.862. The number of rotatable bonds is 4. The lowest BCUT2D eigenvalue weighted by molar-refractivity contribution is -0.953. The maximum Gasteiger partial charge on any atom is 0.325 e. The van der Waals surface area contributed by atoms with Gasteiger partial charge in [0.15, 0.2) is 0 Å². The minimum Gasteiger partial charge on any atom is -1.00 e. The molecule has 5 N–H and O–H groups in total.